The Labute approximate surface area is 114 Å². The molecule has 18 heavy (non-hydrogen) atoms. The van der Waals surface area contributed by atoms with Crippen LogP contribution >= 0.6 is 0 Å². The fourth-order valence-corrected chi connectivity index (χ4v) is 3.04. The number of ether oxygens (including phenoxy) is 1. The minimum atomic E-state index is -0.00725. The first kappa shape index (κ1) is 16.0. The average molecular weight is 255 g/mol. The van der Waals surface area contributed by atoms with Gasteiger partial charge in [0, 0.05) is 13.2 Å². The Morgan fingerprint density at radius 1 is 1.22 bits per heavy atom. The van der Waals surface area contributed by atoms with Gasteiger partial charge in [-0.15, -0.1) is 0 Å². The zero-order valence-corrected chi connectivity index (χ0v) is 13.1. The van der Waals surface area contributed by atoms with Crippen LogP contribution in [0.25, 0.3) is 0 Å². The summed E-state index contributed by atoms with van der Waals surface area (Å²) in [6.45, 7) is 10.1. The molecule has 2 nitrogen and oxygen atoms in total. The highest BCUT2D eigenvalue weighted by atomic mass is 16.5. The van der Waals surface area contributed by atoms with Gasteiger partial charge in [-0.1, -0.05) is 32.6 Å². The van der Waals surface area contributed by atoms with Crippen LogP contribution in [0.1, 0.15) is 66.2 Å². The molecule has 1 N–H and O–H groups in total. The lowest BCUT2D eigenvalue weighted by Crippen LogP contribution is -2.36. The highest BCUT2D eigenvalue weighted by Crippen LogP contribution is 2.30. The molecule has 1 fully saturated rings. The molecule has 1 aliphatic carbocycles. The summed E-state index contributed by atoms with van der Waals surface area (Å²) in [5.41, 5.74) is -0.00725. The number of hydrogen-bond acceptors (Lipinski definition) is 2. The average Bonchev–Trinajstić information content (AvgIpc) is 2.31. The summed E-state index contributed by atoms with van der Waals surface area (Å²) in [5, 5.41) is 3.65. The molecule has 0 heterocycles. The second-order valence-corrected chi connectivity index (χ2v) is 6.94. The van der Waals surface area contributed by atoms with Gasteiger partial charge in [0.15, 0.2) is 0 Å². The van der Waals surface area contributed by atoms with Gasteiger partial charge in [0.05, 0.1) is 5.60 Å². The molecule has 1 saturated carbocycles. The first-order valence-electron chi connectivity index (χ1n) is 7.71. The number of hydrogen-bond donors (Lipinski definition) is 1. The monoisotopic (exact) mass is 255 g/mol. The molecule has 0 amide bonds. The molecule has 0 radical (unpaired) electrons. The van der Waals surface area contributed by atoms with Gasteiger partial charge in [0.25, 0.3) is 0 Å². The Kier molecular flexibility index (Phi) is 6.65. The Morgan fingerprint density at radius 3 is 2.39 bits per heavy atom. The second kappa shape index (κ2) is 7.49. The van der Waals surface area contributed by atoms with Crippen LogP contribution < -0.4 is 5.32 Å². The maximum absolute atomic E-state index is 5.48. The summed E-state index contributed by atoms with van der Waals surface area (Å²) in [5.74, 6) is 1.94. The Morgan fingerprint density at radius 2 is 1.83 bits per heavy atom. The lowest BCUT2D eigenvalue weighted by atomic mass is 9.81. The van der Waals surface area contributed by atoms with Gasteiger partial charge in [0.2, 0.25) is 0 Å². The molecule has 0 aromatic rings. The summed E-state index contributed by atoms with van der Waals surface area (Å²) < 4.78 is 5.48. The van der Waals surface area contributed by atoms with E-state index in [-0.39, 0.29) is 5.60 Å². The standard InChI is InChI=1S/C16H33NO/c1-13-6-8-15(9-7-13)10-11-17-14(2)12-16(3,4)18-5/h13-15,17H,6-12H2,1-5H3. The molecule has 1 rings (SSSR count). The molecule has 0 aromatic carbocycles. The molecule has 1 aliphatic rings. The van der Waals surface area contributed by atoms with Crippen LogP contribution in [0.15, 0.2) is 0 Å². The zero-order valence-electron chi connectivity index (χ0n) is 13.1. The Balaban J connectivity index is 2.10. The maximum atomic E-state index is 5.48. The van der Waals surface area contributed by atoms with Crippen molar-refractivity contribution in [3.8, 4) is 0 Å². The smallest absolute Gasteiger partial charge is 0.0637 e. The molecule has 108 valence electrons. The second-order valence-electron chi connectivity index (χ2n) is 6.94. The zero-order chi connectivity index (χ0) is 13.6. The third-order valence-corrected chi connectivity index (χ3v) is 4.53. The molecule has 2 heteroatoms. The molecular weight excluding hydrogens is 222 g/mol. The van der Waals surface area contributed by atoms with E-state index in [0.29, 0.717) is 6.04 Å². The van der Waals surface area contributed by atoms with Gasteiger partial charge < -0.3 is 10.1 Å². The van der Waals surface area contributed by atoms with Crippen LogP contribution in [-0.4, -0.2) is 25.3 Å². The van der Waals surface area contributed by atoms with Crippen molar-refractivity contribution < 1.29 is 4.74 Å². The van der Waals surface area contributed by atoms with Crippen molar-refractivity contribution in [2.24, 2.45) is 11.8 Å². The summed E-state index contributed by atoms with van der Waals surface area (Å²) in [6, 6.07) is 0.544. The Bertz CT molecular complexity index is 219. The molecule has 0 aliphatic heterocycles. The maximum Gasteiger partial charge on any atom is 0.0637 e. The van der Waals surface area contributed by atoms with Gasteiger partial charge in [-0.2, -0.15) is 0 Å². The Hall–Kier alpha value is -0.0800. The molecule has 0 bridgehead atoms. The highest BCUT2D eigenvalue weighted by Gasteiger charge is 2.21. The van der Waals surface area contributed by atoms with E-state index in [1.165, 1.54) is 38.6 Å². The van der Waals surface area contributed by atoms with E-state index in [1.807, 2.05) is 0 Å². The van der Waals surface area contributed by atoms with Crippen molar-refractivity contribution in [3.05, 3.63) is 0 Å². The lowest BCUT2D eigenvalue weighted by molar-refractivity contribution is 0.00848. The van der Waals surface area contributed by atoms with Crippen LogP contribution in [0.4, 0.5) is 0 Å². The topological polar surface area (TPSA) is 21.3 Å². The van der Waals surface area contributed by atoms with E-state index in [1.54, 1.807) is 7.11 Å². The van der Waals surface area contributed by atoms with E-state index in [4.69, 9.17) is 4.74 Å². The van der Waals surface area contributed by atoms with Crippen molar-refractivity contribution in [1.29, 1.82) is 0 Å². The van der Waals surface area contributed by atoms with E-state index < -0.39 is 0 Å². The summed E-state index contributed by atoms with van der Waals surface area (Å²) >= 11 is 0. The first-order valence-corrected chi connectivity index (χ1v) is 7.71. The summed E-state index contributed by atoms with van der Waals surface area (Å²) in [6.07, 6.45) is 8.20. The van der Waals surface area contributed by atoms with Gasteiger partial charge in [0.1, 0.15) is 0 Å². The number of methoxy groups -OCH3 is 1. The fourth-order valence-electron chi connectivity index (χ4n) is 3.04. The van der Waals surface area contributed by atoms with E-state index in [9.17, 15) is 0 Å². The van der Waals surface area contributed by atoms with E-state index in [0.717, 1.165) is 18.3 Å². The predicted octanol–water partition coefficient (Wildman–Crippen LogP) is 4.00. The largest absolute Gasteiger partial charge is 0.379 e. The van der Waals surface area contributed by atoms with Gasteiger partial charge >= 0.3 is 0 Å². The third kappa shape index (κ3) is 6.19. The fraction of sp³-hybridized carbons (Fsp3) is 1.00. The molecule has 1 unspecified atom stereocenters. The van der Waals surface area contributed by atoms with Gasteiger partial charge in [-0.3, -0.25) is 0 Å². The van der Waals surface area contributed by atoms with Gasteiger partial charge in [-0.05, 0) is 52.0 Å². The molecule has 0 saturated heterocycles. The minimum Gasteiger partial charge on any atom is -0.379 e. The van der Waals surface area contributed by atoms with Crippen molar-refractivity contribution in [2.75, 3.05) is 13.7 Å². The number of nitrogens with one attached hydrogen (secondary N) is 1. The van der Waals surface area contributed by atoms with Crippen LogP contribution in [0.3, 0.4) is 0 Å². The van der Waals surface area contributed by atoms with Crippen LogP contribution in [0, 0.1) is 11.8 Å². The minimum absolute atomic E-state index is 0.00725. The van der Waals surface area contributed by atoms with Crippen molar-refractivity contribution in [3.63, 3.8) is 0 Å². The highest BCUT2D eigenvalue weighted by molar-refractivity contribution is 4.76. The van der Waals surface area contributed by atoms with Gasteiger partial charge in [-0.25, -0.2) is 0 Å². The van der Waals surface area contributed by atoms with Crippen molar-refractivity contribution in [1.82, 2.24) is 5.32 Å². The summed E-state index contributed by atoms with van der Waals surface area (Å²) in [7, 11) is 1.80. The van der Waals surface area contributed by atoms with Crippen molar-refractivity contribution >= 4 is 0 Å². The molecular formula is C16H33NO. The molecule has 0 aromatic heterocycles. The lowest BCUT2D eigenvalue weighted by Gasteiger charge is -2.29. The molecule has 0 spiro atoms. The van der Waals surface area contributed by atoms with E-state index in [2.05, 4.69) is 33.0 Å². The predicted molar refractivity (Wildman–Crippen MR) is 78.9 cm³/mol. The first-order chi connectivity index (χ1) is 8.43. The quantitative estimate of drug-likeness (QED) is 0.742. The summed E-state index contributed by atoms with van der Waals surface area (Å²) in [4.78, 5) is 0. The molecule has 1 atom stereocenters. The SMILES string of the molecule is COC(C)(C)CC(C)NCCC1CCC(C)CC1. The van der Waals surface area contributed by atoms with Crippen LogP contribution in [0.2, 0.25) is 0 Å². The van der Waals surface area contributed by atoms with Crippen molar-refractivity contribution in [2.45, 2.75) is 77.9 Å². The van der Waals surface area contributed by atoms with E-state index >= 15 is 0 Å². The van der Waals surface area contributed by atoms with Crippen LogP contribution in [0.5, 0.6) is 0 Å². The number of rotatable bonds is 7. The third-order valence-electron chi connectivity index (χ3n) is 4.53. The normalized spacial score (nSPS) is 27.2. The van der Waals surface area contributed by atoms with Crippen LogP contribution in [-0.2, 0) is 4.74 Å².